The van der Waals surface area contributed by atoms with Gasteiger partial charge in [0.25, 0.3) is 5.91 Å². The molecule has 2 amide bonds. The predicted octanol–water partition coefficient (Wildman–Crippen LogP) is 5.42. The summed E-state index contributed by atoms with van der Waals surface area (Å²) < 4.78 is 23.7. The Labute approximate surface area is 295 Å². The Morgan fingerprint density at radius 2 is 1.76 bits per heavy atom. The van der Waals surface area contributed by atoms with E-state index in [4.69, 9.17) is 28.9 Å². The third kappa shape index (κ3) is 6.76. The number of rotatable bonds is 11. The van der Waals surface area contributed by atoms with Crippen LogP contribution in [0.4, 0.5) is 11.6 Å². The fourth-order valence-corrected chi connectivity index (χ4v) is 6.69. The summed E-state index contributed by atoms with van der Waals surface area (Å²) in [5.41, 5.74) is 3.26. The fourth-order valence-electron chi connectivity index (χ4n) is 6.69. The molecule has 0 bridgehead atoms. The normalized spacial score (nSPS) is 16.6. The minimum absolute atomic E-state index is 0.00697. The van der Waals surface area contributed by atoms with E-state index < -0.39 is 5.41 Å². The molecule has 264 valence electrons. The number of anilines is 2. The van der Waals surface area contributed by atoms with E-state index in [1.165, 1.54) is 0 Å². The van der Waals surface area contributed by atoms with Crippen LogP contribution >= 0.6 is 0 Å². The number of amides is 2. The number of ether oxygens (including phenoxy) is 4. The molecule has 2 N–H and O–H groups in total. The molecule has 2 aliphatic heterocycles. The zero-order valence-electron chi connectivity index (χ0n) is 29.1. The van der Waals surface area contributed by atoms with Crippen molar-refractivity contribution in [1.82, 2.24) is 24.3 Å². The molecule has 0 spiro atoms. The SMILES string of the molecule is COc1ccc(NC(=O)c2ccc(-c3nc([C@@H]4CCCN(C(=O)C5(C)COC5)C4)n4ccnc(NCc5ccc(OC)cc5OC)c34)cc2)nc1. The van der Waals surface area contributed by atoms with E-state index >= 15 is 0 Å². The van der Waals surface area contributed by atoms with Gasteiger partial charge in [-0.2, -0.15) is 0 Å². The van der Waals surface area contributed by atoms with E-state index in [9.17, 15) is 9.59 Å². The molecule has 2 aromatic carbocycles. The quantitative estimate of drug-likeness (QED) is 0.184. The maximum atomic E-state index is 13.5. The lowest BCUT2D eigenvalue weighted by Crippen LogP contribution is -2.55. The Balaban J connectivity index is 1.22. The highest BCUT2D eigenvalue weighted by molar-refractivity contribution is 6.04. The average molecular weight is 692 g/mol. The number of likely N-dealkylation sites (tertiary alicyclic amines) is 1. The second-order valence-corrected chi connectivity index (χ2v) is 13.1. The lowest BCUT2D eigenvalue weighted by Gasteiger charge is -2.42. The van der Waals surface area contributed by atoms with Crippen molar-refractivity contribution in [2.24, 2.45) is 5.41 Å². The highest BCUT2D eigenvalue weighted by Gasteiger charge is 2.45. The summed E-state index contributed by atoms with van der Waals surface area (Å²) in [5.74, 6) is 3.77. The van der Waals surface area contributed by atoms with Gasteiger partial charge in [0, 0.05) is 60.7 Å². The van der Waals surface area contributed by atoms with Crippen molar-refractivity contribution < 1.29 is 28.5 Å². The van der Waals surface area contributed by atoms with Crippen molar-refractivity contribution in [3.63, 3.8) is 0 Å². The van der Waals surface area contributed by atoms with Crippen LogP contribution < -0.4 is 24.8 Å². The number of nitrogens with zero attached hydrogens (tertiary/aromatic N) is 5. The Morgan fingerprint density at radius 3 is 2.45 bits per heavy atom. The first-order valence-electron chi connectivity index (χ1n) is 16.9. The Morgan fingerprint density at radius 1 is 0.980 bits per heavy atom. The van der Waals surface area contributed by atoms with Gasteiger partial charge in [-0.05, 0) is 56.2 Å². The number of fused-ring (bicyclic) bond motifs is 1. The van der Waals surface area contributed by atoms with Crippen molar-refractivity contribution in [3.05, 3.63) is 90.1 Å². The fraction of sp³-hybridized carbons (Fsp3) is 0.342. The monoisotopic (exact) mass is 691 g/mol. The van der Waals surface area contributed by atoms with Gasteiger partial charge in [-0.3, -0.25) is 14.0 Å². The van der Waals surface area contributed by atoms with E-state index in [0.29, 0.717) is 73.0 Å². The van der Waals surface area contributed by atoms with Crippen molar-refractivity contribution in [2.45, 2.75) is 32.2 Å². The van der Waals surface area contributed by atoms with Crippen molar-refractivity contribution >= 4 is 29.0 Å². The van der Waals surface area contributed by atoms with Gasteiger partial charge in [0.2, 0.25) is 5.91 Å². The number of hydrogen-bond acceptors (Lipinski definition) is 10. The van der Waals surface area contributed by atoms with Crippen LogP contribution in [0.2, 0.25) is 0 Å². The lowest BCUT2D eigenvalue weighted by molar-refractivity contribution is -0.169. The molecule has 0 saturated carbocycles. The highest BCUT2D eigenvalue weighted by atomic mass is 16.5. The van der Waals surface area contributed by atoms with Gasteiger partial charge >= 0.3 is 0 Å². The van der Waals surface area contributed by atoms with Crippen LogP contribution in [-0.4, -0.2) is 83.7 Å². The average Bonchev–Trinajstić information content (AvgIpc) is 3.56. The number of carbonyl (C=O) groups is 2. The van der Waals surface area contributed by atoms with E-state index in [2.05, 4.69) is 20.0 Å². The van der Waals surface area contributed by atoms with Crippen LogP contribution in [0.1, 0.15) is 47.4 Å². The zero-order valence-corrected chi connectivity index (χ0v) is 29.1. The van der Waals surface area contributed by atoms with Crippen LogP contribution in [0.15, 0.2) is 73.2 Å². The number of benzene rings is 2. The van der Waals surface area contributed by atoms with Gasteiger partial charge < -0.3 is 34.5 Å². The third-order valence-electron chi connectivity index (χ3n) is 9.59. The first-order chi connectivity index (χ1) is 24.8. The number of methoxy groups -OCH3 is 3. The van der Waals surface area contributed by atoms with Gasteiger partial charge in [-0.1, -0.05) is 12.1 Å². The summed E-state index contributed by atoms with van der Waals surface area (Å²) in [6.07, 6.45) is 6.99. The summed E-state index contributed by atoms with van der Waals surface area (Å²) in [7, 11) is 4.82. The number of pyridine rings is 1. The van der Waals surface area contributed by atoms with Crippen LogP contribution in [0, 0.1) is 5.41 Å². The number of piperidine rings is 1. The molecule has 1 atom stereocenters. The Bertz CT molecular complexity index is 2040. The van der Waals surface area contributed by atoms with E-state index in [0.717, 1.165) is 35.3 Å². The summed E-state index contributed by atoms with van der Waals surface area (Å²) in [6, 6.07) is 16.4. The molecule has 13 nitrogen and oxygen atoms in total. The highest BCUT2D eigenvalue weighted by Crippen LogP contribution is 2.37. The van der Waals surface area contributed by atoms with E-state index in [-0.39, 0.29) is 17.7 Å². The lowest BCUT2D eigenvalue weighted by atomic mass is 9.85. The number of hydrogen-bond donors (Lipinski definition) is 2. The topological polar surface area (TPSA) is 141 Å². The van der Waals surface area contributed by atoms with Crippen LogP contribution in [-0.2, 0) is 16.1 Å². The number of nitrogens with one attached hydrogen (secondary N) is 2. The minimum Gasteiger partial charge on any atom is -0.497 e. The van der Waals surface area contributed by atoms with Gasteiger partial charge in [0.05, 0.1) is 46.2 Å². The van der Waals surface area contributed by atoms with Crippen molar-refractivity contribution in [2.75, 3.05) is 58.3 Å². The molecule has 2 fully saturated rings. The van der Waals surface area contributed by atoms with Crippen molar-refractivity contribution in [3.8, 4) is 28.5 Å². The molecule has 0 unspecified atom stereocenters. The van der Waals surface area contributed by atoms with Gasteiger partial charge in [-0.25, -0.2) is 15.0 Å². The predicted molar refractivity (Wildman–Crippen MR) is 192 cm³/mol. The number of imidazole rings is 1. The number of aromatic nitrogens is 4. The second-order valence-electron chi connectivity index (χ2n) is 13.1. The first-order valence-corrected chi connectivity index (χ1v) is 16.9. The molecular formula is C38H41N7O6. The summed E-state index contributed by atoms with van der Waals surface area (Å²) >= 11 is 0. The molecule has 0 radical (unpaired) electrons. The van der Waals surface area contributed by atoms with Crippen LogP contribution in [0.5, 0.6) is 17.2 Å². The minimum atomic E-state index is -0.470. The van der Waals surface area contributed by atoms with E-state index in [1.807, 2.05) is 48.4 Å². The smallest absolute Gasteiger partial charge is 0.256 e. The van der Waals surface area contributed by atoms with Crippen LogP contribution in [0.3, 0.4) is 0 Å². The maximum absolute atomic E-state index is 13.5. The second kappa shape index (κ2) is 14.3. The summed E-state index contributed by atoms with van der Waals surface area (Å²) in [5, 5.41) is 6.35. The zero-order chi connectivity index (χ0) is 35.5. The number of carbonyl (C=O) groups excluding carboxylic acids is 2. The maximum Gasteiger partial charge on any atom is 0.256 e. The van der Waals surface area contributed by atoms with Gasteiger partial charge in [-0.15, -0.1) is 0 Å². The van der Waals surface area contributed by atoms with Crippen LogP contribution in [0.25, 0.3) is 16.8 Å². The molecule has 7 rings (SSSR count). The van der Waals surface area contributed by atoms with Gasteiger partial charge in [0.1, 0.15) is 40.1 Å². The summed E-state index contributed by atoms with van der Waals surface area (Å²) in [4.78, 5) is 42.8. The first kappa shape index (κ1) is 33.8. The molecule has 5 heterocycles. The van der Waals surface area contributed by atoms with Crippen molar-refractivity contribution in [1.29, 1.82) is 0 Å². The molecule has 5 aromatic rings. The standard InChI is InChI=1S/C38H41N7O6/c1-38(22-51-23-38)37(47)44-16-5-6-27(21-44)35-43-32(24-7-9-25(10-8-24)36(46)42-31-14-13-29(49-3)20-40-31)33-34(39-15-17-45(33)35)41-19-26-11-12-28(48-2)18-30(26)50-4/h7-15,17-18,20,27H,5-6,16,19,21-23H2,1-4H3,(H,39,41)(H,40,42,46)/t27-/m1/s1. The molecular weight excluding hydrogens is 650 g/mol. The van der Waals surface area contributed by atoms with E-state index in [1.54, 1.807) is 58.0 Å². The summed E-state index contributed by atoms with van der Waals surface area (Å²) in [6.45, 7) is 4.60. The largest absolute Gasteiger partial charge is 0.497 e. The Kier molecular flexibility index (Phi) is 9.46. The molecule has 2 saturated heterocycles. The Hall–Kier alpha value is -5.69. The molecule has 3 aromatic heterocycles. The molecule has 13 heteroatoms. The van der Waals surface area contributed by atoms with Gasteiger partial charge in [0.15, 0.2) is 5.82 Å². The third-order valence-corrected chi connectivity index (χ3v) is 9.59. The molecule has 0 aliphatic carbocycles. The molecule has 51 heavy (non-hydrogen) atoms. The molecule has 2 aliphatic rings.